The van der Waals surface area contributed by atoms with Crippen LogP contribution in [0.4, 0.5) is 0 Å². The molecule has 0 spiro atoms. The predicted molar refractivity (Wildman–Crippen MR) is 71.9 cm³/mol. The summed E-state index contributed by atoms with van der Waals surface area (Å²) in [5.41, 5.74) is -0.682. The van der Waals surface area contributed by atoms with Gasteiger partial charge in [0, 0.05) is 32.2 Å². The van der Waals surface area contributed by atoms with Crippen molar-refractivity contribution in [2.24, 2.45) is 5.92 Å². The number of hydrogen-bond acceptors (Lipinski definition) is 5. The third-order valence-corrected chi connectivity index (χ3v) is 3.87. The predicted octanol–water partition coefficient (Wildman–Crippen LogP) is 1.12. The number of aryl methyl sites for hydroxylation is 1. The second-order valence-electron chi connectivity index (χ2n) is 5.62. The van der Waals surface area contributed by atoms with E-state index in [2.05, 4.69) is 5.16 Å². The molecule has 1 saturated heterocycles. The number of aromatic nitrogens is 1. The lowest BCUT2D eigenvalue weighted by Gasteiger charge is -2.36. The standard InChI is InChI=1S/C14H22N2O4/c1-10-8-12(15-20-10)9-16(3)13(17)14(2,18)11-4-6-19-7-5-11/h8,11,18H,4-7,9H2,1-3H3. The Bertz CT molecular complexity index is 463. The van der Waals surface area contributed by atoms with E-state index in [0.29, 0.717) is 44.1 Å². The highest BCUT2D eigenvalue weighted by molar-refractivity contribution is 5.84. The summed E-state index contributed by atoms with van der Waals surface area (Å²) in [7, 11) is 1.67. The van der Waals surface area contributed by atoms with Gasteiger partial charge in [-0.25, -0.2) is 0 Å². The summed E-state index contributed by atoms with van der Waals surface area (Å²) in [4.78, 5) is 13.9. The third-order valence-electron chi connectivity index (χ3n) is 3.87. The zero-order valence-electron chi connectivity index (χ0n) is 12.3. The summed E-state index contributed by atoms with van der Waals surface area (Å²) in [6, 6.07) is 1.78. The van der Waals surface area contributed by atoms with Crippen LogP contribution < -0.4 is 0 Å². The molecule has 1 unspecified atom stereocenters. The van der Waals surface area contributed by atoms with Crippen LogP contribution in [0.3, 0.4) is 0 Å². The number of ether oxygens (including phenoxy) is 1. The molecule has 0 saturated carbocycles. The Morgan fingerprint density at radius 1 is 1.55 bits per heavy atom. The molecule has 1 fully saturated rings. The summed E-state index contributed by atoms with van der Waals surface area (Å²) < 4.78 is 10.3. The van der Waals surface area contributed by atoms with Gasteiger partial charge in [-0.3, -0.25) is 4.79 Å². The molecule has 1 N–H and O–H groups in total. The minimum absolute atomic E-state index is 0.0646. The Labute approximate surface area is 118 Å². The number of likely N-dealkylation sites (N-methyl/N-ethyl adjacent to an activating group) is 1. The lowest BCUT2D eigenvalue weighted by Crippen LogP contribution is -2.51. The van der Waals surface area contributed by atoms with Crippen molar-refractivity contribution in [3.8, 4) is 0 Å². The summed E-state index contributed by atoms with van der Waals surface area (Å²) in [6.07, 6.45) is 1.41. The van der Waals surface area contributed by atoms with Gasteiger partial charge >= 0.3 is 0 Å². The Kier molecular flexibility index (Phi) is 4.45. The van der Waals surface area contributed by atoms with Crippen LogP contribution in [0.15, 0.2) is 10.6 Å². The van der Waals surface area contributed by atoms with Crippen LogP contribution in [0.25, 0.3) is 0 Å². The fraction of sp³-hybridized carbons (Fsp3) is 0.714. The van der Waals surface area contributed by atoms with E-state index < -0.39 is 5.60 Å². The zero-order chi connectivity index (χ0) is 14.8. The first kappa shape index (κ1) is 15.0. The molecule has 0 radical (unpaired) electrons. The number of aliphatic hydroxyl groups is 1. The highest BCUT2D eigenvalue weighted by Gasteiger charge is 2.41. The van der Waals surface area contributed by atoms with Crippen molar-refractivity contribution in [2.45, 2.75) is 38.8 Å². The van der Waals surface area contributed by atoms with Crippen LogP contribution in [-0.4, -0.2) is 46.9 Å². The Morgan fingerprint density at radius 3 is 2.75 bits per heavy atom. The summed E-state index contributed by atoms with van der Waals surface area (Å²) in [5.74, 6) is 0.354. The minimum atomic E-state index is -1.36. The first-order valence-corrected chi connectivity index (χ1v) is 6.89. The summed E-state index contributed by atoms with van der Waals surface area (Å²) in [5, 5.41) is 14.4. The zero-order valence-corrected chi connectivity index (χ0v) is 12.3. The molecule has 6 heteroatoms. The van der Waals surface area contributed by atoms with Gasteiger partial charge in [-0.05, 0) is 26.7 Å². The first-order valence-electron chi connectivity index (χ1n) is 6.89. The number of rotatable bonds is 4. The summed E-state index contributed by atoms with van der Waals surface area (Å²) >= 11 is 0. The molecule has 1 atom stereocenters. The van der Waals surface area contributed by atoms with Gasteiger partial charge in [0.05, 0.1) is 6.54 Å². The van der Waals surface area contributed by atoms with Gasteiger partial charge in [0.25, 0.3) is 5.91 Å². The maximum atomic E-state index is 12.5. The molecule has 20 heavy (non-hydrogen) atoms. The van der Waals surface area contributed by atoms with Crippen molar-refractivity contribution in [3.63, 3.8) is 0 Å². The average molecular weight is 282 g/mol. The fourth-order valence-electron chi connectivity index (χ4n) is 2.63. The molecule has 1 aromatic heterocycles. The van der Waals surface area contributed by atoms with Gasteiger partial charge in [0.2, 0.25) is 0 Å². The van der Waals surface area contributed by atoms with E-state index in [0.717, 1.165) is 0 Å². The van der Waals surface area contributed by atoms with Crippen LogP contribution >= 0.6 is 0 Å². The Hall–Kier alpha value is -1.40. The van der Waals surface area contributed by atoms with Gasteiger partial charge in [0.1, 0.15) is 17.1 Å². The molecule has 0 bridgehead atoms. The van der Waals surface area contributed by atoms with E-state index in [-0.39, 0.29) is 11.8 Å². The van der Waals surface area contributed by atoms with E-state index >= 15 is 0 Å². The molecule has 1 aliphatic rings. The van der Waals surface area contributed by atoms with E-state index in [1.807, 2.05) is 0 Å². The monoisotopic (exact) mass is 282 g/mol. The number of carbonyl (C=O) groups is 1. The van der Waals surface area contributed by atoms with Crippen LogP contribution in [0.1, 0.15) is 31.2 Å². The average Bonchev–Trinajstić information content (AvgIpc) is 2.84. The second-order valence-corrected chi connectivity index (χ2v) is 5.62. The molecule has 1 aliphatic heterocycles. The van der Waals surface area contributed by atoms with E-state index in [1.54, 1.807) is 27.0 Å². The lowest BCUT2D eigenvalue weighted by molar-refractivity contribution is -0.158. The number of carbonyl (C=O) groups excluding carboxylic acids is 1. The molecule has 0 aromatic carbocycles. The first-order chi connectivity index (χ1) is 9.41. The van der Waals surface area contributed by atoms with E-state index in [1.165, 1.54) is 4.90 Å². The van der Waals surface area contributed by atoms with Crippen LogP contribution in [0.5, 0.6) is 0 Å². The van der Waals surface area contributed by atoms with Crippen molar-refractivity contribution in [1.82, 2.24) is 10.1 Å². The van der Waals surface area contributed by atoms with Crippen molar-refractivity contribution in [2.75, 3.05) is 20.3 Å². The number of amides is 1. The molecule has 2 rings (SSSR count). The van der Waals surface area contributed by atoms with Gasteiger partial charge in [-0.2, -0.15) is 0 Å². The highest BCUT2D eigenvalue weighted by Crippen LogP contribution is 2.29. The maximum Gasteiger partial charge on any atom is 0.254 e. The molecule has 112 valence electrons. The number of hydrogen-bond donors (Lipinski definition) is 1. The van der Waals surface area contributed by atoms with E-state index in [4.69, 9.17) is 9.26 Å². The number of nitrogens with zero attached hydrogens (tertiary/aromatic N) is 2. The van der Waals surface area contributed by atoms with E-state index in [9.17, 15) is 9.90 Å². The van der Waals surface area contributed by atoms with Crippen LogP contribution in [-0.2, 0) is 16.1 Å². The molecule has 1 amide bonds. The molecule has 0 aliphatic carbocycles. The van der Waals surface area contributed by atoms with Gasteiger partial charge in [-0.15, -0.1) is 0 Å². The molecule has 2 heterocycles. The topological polar surface area (TPSA) is 75.8 Å². The molecule has 6 nitrogen and oxygen atoms in total. The Morgan fingerprint density at radius 2 is 2.20 bits per heavy atom. The smallest absolute Gasteiger partial charge is 0.254 e. The maximum absolute atomic E-state index is 12.5. The SMILES string of the molecule is Cc1cc(CN(C)C(=O)C(C)(O)C2CCOCC2)no1. The molecule has 1 aromatic rings. The van der Waals surface area contributed by atoms with Crippen molar-refractivity contribution in [1.29, 1.82) is 0 Å². The molecular formula is C14H22N2O4. The minimum Gasteiger partial charge on any atom is -0.381 e. The second kappa shape index (κ2) is 5.93. The quantitative estimate of drug-likeness (QED) is 0.895. The van der Waals surface area contributed by atoms with Crippen LogP contribution in [0.2, 0.25) is 0 Å². The normalized spacial score (nSPS) is 19.6. The van der Waals surface area contributed by atoms with Gasteiger partial charge < -0.3 is 19.3 Å². The third kappa shape index (κ3) is 3.19. The van der Waals surface area contributed by atoms with Crippen molar-refractivity contribution < 1.29 is 19.2 Å². The van der Waals surface area contributed by atoms with Crippen LogP contribution in [0, 0.1) is 12.8 Å². The van der Waals surface area contributed by atoms with Gasteiger partial charge in [-0.1, -0.05) is 5.16 Å². The highest BCUT2D eigenvalue weighted by atomic mass is 16.5. The van der Waals surface area contributed by atoms with Crippen molar-refractivity contribution in [3.05, 3.63) is 17.5 Å². The Balaban J connectivity index is 2.00. The van der Waals surface area contributed by atoms with Gasteiger partial charge in [0.15, 0.2) is 0 Å². The lowest BCUT2D eigenvalue weighted by atomic mass is 9.82. The molecular weight excluding hydrogens is 260 g/mol. The summed E-state index contributed by atoms with van der Waals surface area (Å²) in [6.45, 7) is 4.92. The fourth-order valence-corrected chi connectivity index (χ4v) is 2.63. The largest absolute Gasteiger partial charge is 0.381 e. The van der Waals surface area contributed by atoms with Crippen molar-refractivity contribution >= 4 is 5.91 Å².